The quantitative estimate of drug-likeness (QED) is 0.882. The predicted octanol–water partition coefficient (Wildman–Crippen LogP) is 2.64. The third-order valence-electron chi connectivity index (χ3n) is 3.52. The van der Waals surface area contributed by atoms with Crippen LogP contribution in [-0.2, 0) is 4.74 Å². The van der Waals surface area contributed by atoms with Crippen LogP contribution in [0.5, 0.6) is 0 Å². The Balaban J connectivity index is 1.66. The van der Waals surface area contributed by atoms with Crippen LogP contribution in [0.2, 0.25) is 0 Å². The van der Waals surface area contributed by atoms with Gasteiger partial charge in [0.1, 0.15) is 5.60 Å². The van der Waals surface area contributed by atoms with Crippen LogP contribution in [0.4, 0.5) is 4.79 Å². The van der Waals surface area contributed by atoms with Crippen molar-refractivity contribution >= 4 is 28.9 Å². The molecule has 0 saturated carbocycles. The van der Waals surface area contributed by atoms with Gasteiger partial charge in [-0.1, -0.05) is 23.9 Å². The maximum absolute atomic E-state index is 12.1. The minimum absolute atomic E-state index is 0.122. The molecule has 7 heteroatoms. The average Bonchev–Trinajstić information content (AvgIpc) is 3.01. The Labute approximate surface area is 139 Å². The molecule has 1 saturated heterocycles. The van der Waals surface area contributed by atoms with Crippen LogP contribution in [0.1, 0.15) is 20.8 Å². The predicted molar refractivity (Wildman–Crippen MR) is 89.6 cm³/mol. The van der Waals surface area contributed by atoms with Crippen molar-refractivity contribution in [2.24, 2.45) is 0 Å². The van der Waals surface area contributed by atoms with E-state index in [2.05, 4.69) is 9.97 Å². The van der Waals surface area contributed by atoms with E-state index in [9.17, 15) is 9.90 Å². The standard InChI is InChI=1S/C16H21N3O3S/c1-16(2,3)22-15(21)19-8-12(20)13(9-19)23-14-17-10-6-4-5-7-11(10)18-14/h4-7,12-13,20H,8-9H2,1-3H3,(H,17,18)/t12-,13-/m1/s1. The fourth-order valence-corrected chi connectivity index (χ4v) is 3.58. The molecule has 1 fully saturated rings. The third-order valence-corrected chi connectivity index (χ3v) is 4.70. The number of amides is 1. The smallest absolute Gasteiger partial charge is 0.410 e. The molecule has 6 nitrogen and oxygen atoms in total. The number of carbonyl (C=O) groups excluding carboxylic acids is 1. The van der Waals surface area contributed by atoms with Crippen LogP contribution in [0.15, 0.2) is 29.4 Å². The lowest BCUT2D eigenvalue weighted by Crippen LogP contribution is -2.35. The lowest BCUT2D eigenvalue weighted by molar-refractivity contribution is 0.0270. The Morgan fingerprint density at radius 3 is 2.83 bits per heavy atom. The van der Waals surface area contributed by atoms with Crippen molar-refractivity contribution in [1.29, 1.82) is 0 Å². The number of fused-ring (bicyclic) bond motifs is 1. The van der Waals surface area contributed by atoms with Crippen LogP contribution in [-0.4, -0.2) is 56.1 Å². The van der Waals surface area contributed by atoms with Gasteiger partial charge in [0.25, 0.3) is 0 Å². The van der Waals surface area contributed by atoms with Crippen molar-refractivity contribution < 1.29 is 14.6 Å². The van der Waals surface area contributed by atoms with Gasteiger partial charge in [0.15, 0.2) is 5.16 Å². The van der Waals surface area contributed by atoms with Gasteiger partial charge in [0.2, 0.25) is 0 Å². The van der Waals surface area contributed by atoms with Gasteiger partial charge in [0.05, 0.1) is 28.9 Å². The SMILES string of the molecule is CC(C)(C)OC(=O)N1C[C@@H](O)[C@H](Sc2nc3ccccc3[nH]2)C1. The Morgan fingerprint density at radius 1 is 1.39 bits per heavy atom. The molecule has 1 aliphatic heterocycles. The largest absolute Gasteiger partial charge is 0.444 e. The van der Waals surface area contributed by atoms with Crippen molar-refractivity contribution in [1.82, 2.24) is 14.9 Å². The van der Waals surface area contributed by atoms with E-state index >= 15 is 0 Å². The number of aromatic nitrogens is 2. The number of H-pyrrole nitrogens is 1. The summed E-state index contributed by atoms with van der Waals surface area (Å²) in [5.41, 5.74) is 1.32. The number of likely N-dealkylation sites (tertiary alicyclic amines) is 1. The molecule has 1 amide bonds. The molecule has 2 atom stereocenters. The van der Waals surface area contributed by atoms with Crippen LogP contribution < -0.4 is 0 Å². The molecular weight excluding hydrogens is 314 g/mol. The topological polar surface area (TPSA) is 78.4 Å². The normalized spacial score (nSPS) is 21.8. The third kappa shape index (κ3) is 3.79. The fourth-order valence-electron chi connectivity index (χ4n) is 2.48. The first-order chi connectivity index (χ1) is 10.8. The molecular formula is C16H21N3O3S. The van der Waals surface area contributed by atoms with Crippen LogP contribution in [0.3, 0.4) is 0 Å². The van der Waals surface area contributed by atoms with E-state index in [1.165, 1.54) is 11.8 Å². The number of β-amino-alcohol motifs (C(OH)–C–C–N with tert-alkyl or cyclic N) is 1. The van der Waals surface area contributed by atoms with Gasteiger partial charge in [-0.15, -0.1) is 0 Å². The first kappa shape index (κ1) is 16.1. The number of hydrogen-bond donors (Lipinski definition) is 2. The molecule has 3 rings (SSSR count). The molecule has 0 spiro atoms. The monoisotopic (exact) mass is 335 g/mol. The van der Waals surface area contributed by atoms with Gasteiger partial charge < -0.3 is 19.7 Å². The van der Waals surface area contributed by atoms with Gasteiger partial charge in [-0.2, -0.15) is 0 Å². The second kappa shape index (κ2) is 6.05. The lowest BCUT2D eigenvalue weighted by atomic mass is 10.2. The molecule has 0 unspecified atom stereocenters. The van der Waals surface area contributed by atoms with Crippen molar-refractivity contribution in [3.63, 3.8) is 0 Å². The Hall–Kier alpha value is -1.73. The number of imidazole rings is 1. The first-order valence-corrected chi connectivity index (χ1v) is 8.47. The van der Waals surface area contributed by atoms with E-state index in [4.69, 9.17) is 4.74 Å². The Kier molecular flexibility index (Phi) is 4.25. The summed E-state index contributed by atoms with van der Waals surface area (Å²) in [5, 5.41) is 10.9. The molecule has 1 aliphatic rings. The van der Waals surface area contributed by atoms with Crippen molar-refractivity contribution in [2.75, 3.05) is 13.1 Å². The van der Waals surface area contributed by atoms with E-state index in [0.29, 0.717) is 6.54 Å². The van der Waals surface area contributed by atoms with E-state index in [0.717, 1.165) is 16.2 Å². The number of carbonyl (C=O) groups is 1. The van der Waals surface area contributed by atoms with Gasteiger partial charge in [-0.25, -0.2) is 9.78 Å². The highest BCUT2D eigenvalue weighted by molar-refractivity contribution is 7.99. The number of nitrogens with one attached hydrogen (secondary N) is 1. The number of aliphatic hydroxyl groups excluding tert-OH is 1. The first-order valence-electron chi connectivity index (χ1n) is 7.59. The summed E-state index contributed by atoms with van der Waals surface area (Å²) < 4.78 is 5.36. The van der Waals surface area contributed by atoms with Gasteiger partial charge in [0, 0.05) is 6.54 Å². The minimum atomic E-state index is -0.597. The molecule has 0 aliphatic carbocycles. The van der Waals surface area contributed by atoms with Crippen molar-refractivity contribution in [2.45, 2.75) is 42.9 Å². The summed E-state index contributed by atoms with van der Waals surface area (Å²) in [5.74, 6) is 0. The zero-order valence-electron chi connectivity index (χ0n) is 13.4. The van der Waals surface area contributed by atoms with E-state index in [1.807, 2.05) is 45.0 Å². The molecule has 2 heterocycles. The second-order valence-electron chi connectivity index (χ2n) is 6.67. The summed E-state index contributed by atoms with van der Waals surface area (Å²) in [6, 6.07) is 7.79. The zero-order valence-corrected chi connectivity index (χ0v) is 14.3. The molecule has 2 N–H and O–H groups in total. The van der Waals surface area contributed by atoms with Crippen LogP contribution in [0, 0.1) is 0 Å². The van der Waals surface area contributed by atoms with Crippen molar-refractivity contribution in [3.8, 4) is 0 Å². The lowest BCUT2D eigenvalue weighted by Gasteiger charge is -2.24. The van der Waals surface area contributed by atoms with Crippen LogP contribution in [0.25, 0.3) is 11.0 Å². The second-order valence-corrected chi connectivity index (χ2v) is 7.90. The molecule has 124 valence electrons. The van der Waals surface area contributed by atoms with Crippen LogP contribution >= 0.6 is 11.8 Å². The van der Waals surface area contributed by atoms with Gasteiger partial charge >= 0.3 is 6.09 Å². The number of hydrogen-bond acceptors (Lipinski definition) is 5. The van der Waals surface area contributed by atoms with Gasteiger partial charge in [-0.3, -0.25) is 0 Å². The molecule has 2 aromatic rings. The molecule has 23 heavy (non-hydrogen) atoms. The molecule has 1 aromatic heterocycles. The molecule has 0 bridgehead atoms. The van der Waals surface area contributed by atoms with E-state index in [-0.39, 0.29) is 17.9 Å². The highest BCUT2D eigenvalue weighted by Crippen LogP contribution is 2.30. The van der Waals surface area contributed by atoms with E-state index < -0.39 is 11.7 Å². The number of ether oxygens (including phenoxy) is 1. The summed E-state index contributed by atoms with van der Waals surface area (Å²) >= 11 is 1.46. The number of para-hydroxylation sites is 2. The zero-order chi connectivity index (χ0) is 16.6. The number of aromatic amines is 1. The summed E-state index contributed by atoms with van der Waals surface area (Å²) in [7, 11) is 0. The maximum atomic E-state index is 12.1. The summed E-state index contributed by atoms with van der Waals surface area (Å²) in [6.07, 6.45) is -0.981. The number of thioether (sulfide) groups is 1. The highest BCUT2D eigenvalue weighted by atomic mass is 32.2. The summed E-state index contributed by atoms with van der Waals surface area (Å²) in [4.78, 5) is 21.4. The van der Waals surface area contributed by atoms with Crippen molar-refractivity contribution in [3.05, 3.63) is 24.3 Å². The summed E-state index contributed by atoms with van der Waals surface area (Å²) in [6.45, 7) is 6.22. The number of benzene rings is 1. The Morgan fingerprint density at radius 2 is 2.13 bits per heavy atom. The van der Waals surface area contributed by atoms with E-state index in [1.54, 1.807) is 4.90 Å². The number of nitrogens with zero attached hydrogens (tertiary/aromatic N) is 2. The maximum Gasteiger partial charge on any atom is 0.410 e. The molecule has 1 aromatic carbocycles. The number of rotatable bonds is 2. The molecule has 0 radical (unpaired) electrons. The minimum Gasteiger partial charge on any atom is -0.444 e. The van der Waals surface area contributed by atoms with Gasteiger partial charge in [-0.05, 0) is 32.9 Å². The average molecular weight is 335 g/mol. The Bertz CT molecular complexity index is 677. The fraction of sp³-hybridized carbons (Fsp3) is 0.500. The number of aliphatic hydroxyl groups is 1. The highest BCUT2D eigenvalue weighted by Gasteiger charge is 2.37.